The average Bonchev–Trinajstić information content (AvgIpc) is 2.31. The van der Waals surface area contributed by atoms with Gasteiger partial charge in [-0.25, -0.2) is 0 Å². The number of halogens is 1. The molecule has 1 aromatic carbocycles. The van der Waals surface area contributed by atoms with Crippen molar-refractivity contribution in [2.24, 2.45) is 7.05 Å². The van der Waals surface area contributed by atoms with Gasteiger partial charge in [0.15, 0.2) is 0 Å². The highest BCUT2D eigenvalue weighted by Gasteiger charge is 1.98. The van der Waals surface area contributed by atoms with Crippen molar-refractivity contribution in [3.05, 3.63) is 62.1 Å². The van der Waals surface area contributed by atoms with Crippen LogP contribution < -0.4 is 10.3 Å². The van der Waals surface area contributed by atoms with Crippen LogP contribution in [0.2, 0.25) is 0 Å². The minimum atomic E-state index is -0.0197. The Balaban J connectivity index is 2.07. The molecule has 0 saturated carbocycles. The quantitative estimate of drug-likeness (QED) is 0.804. The maximum atomic E-state index is 11.4. The van der Waals surface area contributed by atoms with Crippen molar-refractivity contribution in [2.75, 3.05) is 0 Å². The van der Waals surface area contributed by atoms with Crippen molar-refractivity contribution < 1.29 is 4.74 Å². The summed E-state index contributed by atoms with van der Waals surface area (Å²) >= 11 is 2.24. The minimum Gasteiger partial charge on any atom is -0.489 e. The predicted molar refractivity (Wildman–Crippen MR) is 75.2 cm³/mol. The molecule has 1 heterocycles. The van der Waals surface area contributed by atoms with Gasteiger partial charge in [0.05, 0.1) is 0 Å². The summed E-state index contributed by atoms with van der Waals surface area (Å²) in [6, 6.07) is 11.3. The Hall–Kier alpha value is -1.30. The van der Waals surface area contributed by atoms with Gasteiger partial charge in [-0.15, -0.1) is 0 Å². The summed E-state index contributed by atoms with van der Waals surface area (Å²) in [7, 11) is 1.73. The molecule has 0 N–H and O–H groups in total. The molecule has 0 aliphatic rings. The molecule has 17 heavy (non-hydrogen) atoms. The van der Waals surface area contributed by atoms with Crippen LogP contribution in [0.15, 0.2) is 47.4 Å². The van der Waals surface area contributed by atoms with Gasteiger partial charge in [-0.2, -0.15) is 0 Å². The van der Waals surface area contributed by atoms with Gasteiger partial charge in [-0.3, -0.25) is 4.79 Å². The van der Waals surface area contributed by atoms with Crippen molar-refractivity contribution in [3.8, 4) is 5.75 Å². The Bertz CT molecular complexity index is 578. The molecule has 0 aliphatic heterocycles. The number of benzene rings is 1. The molecule has 1 aromatic heterocycles. The zero-order valence-corrected chi connectivity index (χ0v) is 11.5. The molecular formula is C13H12INO2. The van der Waals surface area contributed by atoms with E-state index < -0.39 is 0 Å². The summed E-state index contributed by atoms with van der Waals surface area (Å²) < 4.78 is 8.28. The Morgan fingerprint density at radius 2 is 2.12 bits per heavy atom. The molecule has 0 aliphatic carbocycles. The fourth-order valence-corrected chi connectivity index (χ4v) is 1.92. The van der Waals surface area contributed by atoms with E-state index in [-0.39, 0.29) is 5.56 Å². The van der Waals surface area contributed by atoms with Gasteiger partial charge in [0.2, 0.25) is 0 Å². The number of nitrogens with zero attached hydrogens (tertiary/aromatic N) is 1. The molecule has 0 radical (unpaired) electrons. The zero-order valence-electron chi connectivity index (χ0n) is 9.39. The maximum absolute atomic E-state index is 11.4. The smallest absolute Gasteiger partial charge is 0.250 e. The van der Waals surface area contributed by atoms with Crippen LogP contribution in [0.3, 0.4) is 0 Å². The number of aryl methyl sites for hydroxylation is 1. The van der Waals surface area contributed by atoms with Crippen LogP contribution in [0.4, 0.5) is 0 Å². The Labute approximate surface area is 113 Å². The highest BCUT2D eigenvalue weighted by molar-refractivity contribution is 14.1. The van der Waals surface area contributed by atoms with Crippen LogP contribution in [0.25, 0.3) is 0 Å². The average molecular weight is 341 g/mol. The lowest BCUT2D eigenvalue weighted by atomic mass is 10.3. The molecule has 0 unspecified atom stereocenters. The highest BCUT2D eigenvalue weighted by atomic mass is 127. The maximum Gasteiger partial charge on any atom is 0.250 e. The number of ether oxygens (including phenoxy) is 1. The van der Waals surface area contributed by atoms with Crippen LogP contribution in [-0.4, -0.2) is 4.57 Å². The van der Waals surface area contributed by atoms with Gasteiger partial charge in [-0.1, -0.05) is 6.07 Å². The summed E-state index contributed by atoms with van der Waals surface area (Å²) in [4.78, 5) is 11.4. The fourth-order valence-electron chi connectivity index (χ4n) is 1.40. The number of pyridine rings is 1. The third-order valence-electron chi connectivity index (χ3n) is 2.37. The molecule has 0 fully saturated rings. The molecule has 0 atom stereocenters. The van der Waals surface area contributed by atoms with E-state index in [0.717, 1.165) is 14.9 Å². The molecular weight excluding hydrogens is 329 g/mol. The summed E-state index contributed by atoms with van der Waals surface area (Å²) in [6.45, 7) is 0.413. The first-order chi connectivity index (χ1) is 8.15. The largest absolute Gasteiger partial charge is 0.489 e. The summed E-state index contributed by atoms with van der Waals surface area (Å²) in [5.74, 6) is 0.817. The van der Waals surface area contributed by atoms with E-state index in [1.807, 2.05) is 30.3 Å². The van der Waals surface area contributed by atoms with Crippen molar-refractivity contribution in [1.82, 2.24) is 4.57 Å². The van der Waals surface area contributed by atoms with Crippen LogP contribution in [0.1, 0.15) is 5.56 Å². The van der Waals surface area contributed by atoms with Gasteiger partial charge < -0.3 is 9.30 Å². The highest BCUT2D eigenvalue weighted by Crippen LogP contribution is 2.15. The third kappa shape index (κ3) is 3.33. The van der Waals surface area contributed by atoms with Gasteiger partial charge in [-0.05, 0) is 52.4 Å². The van der Waals surface area contributed by atoms with E-state index in [2.05, 4.69) is 22.6 Å². The second-order valence-corrected chi connectivity index (χ2v) is 4.98. The predicted octanol–water partition coefficient (Wildman–Crippen LogP) is 2.57. The minimum absolute atomic E-state index is 0.0197. The first kappa shape index (κ1) is 12.2. The van der Waals surface area contributed by atoms with Crippen LogP contribution in [-0.2, 0) is 13.7 Å². The fraction of sp³-hybridized carbons (Fsp3) is 0.154. The molecule has 0 bridgehead atoms. The first-order valence-electron chi connectivity index (χ1n) is 5.19. The Morgan fingerprint density at radius 1 is 1.29 bits per heavy atom. The van der Waals surface area contributed by atoms with Gasteiger partial charge in [0, 0.05) is 22.9 Å². The molecule has 4 heteroatoms. The van der Waals surface area contributed by atoms with Crippen LogP contribution in [0.5, 0.6) is 5.75 Å². The van der Waals surface area contributed by atoms with Gasteiger partial charge in [0.1, 0.15) is 12.4 Å². The van der Waals surface area contributed by atoms with Crippen LogP contribution in [0, 0.1) is 3.57 Å². The van der Waals surface area contributed by atoms with E-state index >= 15 is 0 Å². The topological polar surface area (TPSA) is 31.2 Å². The van der Waals surface area contributed by atoms with Crippen LogP contribution >= 0.6 is 22.6 Å². The number of aromatic nitrogens is 1. The molecule has 88 valence electrons. The van der Waals surface area contributed by atoms with E-state index in [0.29, 0.717) is 6.61 Å². The second kappa shape index (κ2) is 5.35. The van der Waals surface area contributed by atoms with E-state index in [1.165, 1.54) is 4.57 Å². The monoisotopic (exact) mass is 341 g/mol. The lowest BCUT2D eigenvalue weighted by Crippen LogP contribution is -2.15. The van der Waals surface area contributed by atoms with Gasteiger partial charge in [0.25, 0.3) is 5.56 Å². The van der Waals surface area contributed by atoms with E-state index in [1.54, 1.807) is 19.3 Å². The summed E-state index contributed by atoms with van der Waals surface area (Å²) in [6.07, 6.45) is 1.75. The Morgan fingerprint density at radius 3 is 2.82 bits per heavy atom. The standard InChI is InChI=1S/C13H12INO2/c1-15-6-5-10(7-13(15)16)9-17-12-4-2-3-11(14)8-12/h2-8H,9H2,1H3. The number of rotatable bonds is 3. The van der Waals surface area contributed by atoms with Crippen molar-refractivity contribution >= 4 is 22.6 Å². The molecule has 3 nitrogen and oxygen atoms in total. The molecule has 0 amide bonds. The summed E-state index contributed by atoms with van der Waals surface area (Å²) in [5, 5.41) is 0. The lowest BCUT2D eigenvalue weighted by molar-refractivity contribution is 0.305. The molecule has 0 saturated heterocycles. The molecule has 2 aromatic rings. The van der Waals surface area contributed by atoms with Crippen molar-refractivity contribution in [3.63, 3.8) is 0 Å². The first-order valence-corrected chi connectivity index (χ1v) is 6.27. The SMILES string of the molecule is Cn1ccc(COc2cccc(I)c2)cc1=O. The number of hydrogen-bond donors (Lipinski definition) is 0. The second-order valence-electron chi connectivity index (χ2n) is 3.73. The van der Waals surface area contributed by atoms with Crippen molar-refractivity contribution in [1.29, 1.82) is 0 Å². The third-order valence-corrected chi connectivity index (χ3v) is 3.04. The lowest BCUT2D eigenvalue weighted by Gasteiger charge is -2.06. The van der Waals surface area contributed by atoms with Crippen molar-refractivity contribution in [2.45, 2.75) is 6.61 Å². The zero-order chi connectivity index (χ0) is 12.3. The summed E-state index contributed by atoms with van der Waals surface area (Å²) in [5.41, 5.74) is 0.862. The number of hydrogen-bond acceptors (Lipinski definition) is 2. The molecule has 2 rings (SSSR count). The van der Waals surface area contributed by atoms with E-state index in [9.17, 15) is 4.79 Å². The van der Waals surface area contributed by atoms with Gasteiger partial charge >= 0.3 is 0 Å². The normalized spacial score (nSPS) is 10.2. The Kier molecular flexibility index (Phi) is 3.83. The van der Waals surface area contributed by atoms with E-state index in [4.69, 9.17) is 4.74 Å². The molecule has 0 spiro atoms.